The minimum Gasteiger partial charge on any atom is -0.507 e. The van der Waals surface area contributed by atoms with Crippen molar-refractivity contribution < 1.29 is 14.7 Å². The van der Waals surface area contributed by atoms with Gasteiger partial charge in [0.15, 0.2) is 0 Å². The largest absolute Gasteiger partial charge is 0.507 e. The van der Waals surface area contributed by atoms with Crippen LogP contribution in [0.3, 0.4) is 0 Å². The fourth-order valence-electron chi connectivity index (χ4n) is 3.91. The van der Waals surface area contributed by atoms with Crippen molar-refractivity contribution in [1.82, 2.24) is 19.6 Å². The highest BCUT2D eigenvalue weighted by molar-refractivity contribution is 6.46. The molecular weight excluding hydrogens is 404 g/mol. The number of likely N-dealkylation sites (tertiary alicyclic amines) is 1. The minimum absolute atomic E-state index is 0.0892. The third-order valence-electron chi connectivity index (χ3n) is 5.48. The number of ketones is 1. The first-order valence-electron chi connectivity index (χ1n) is 9.82. The van der Waals surface area contributed by atoms with Gasteiger partial charge in [-0.1, -0.05) is 23.7 Å². The molecule has 2 aromatic rings. The van der Waals surface area contributed by atoms with Crippen LogP contribution >= 0.6 is 11.6 Å². The van der Waals surface area contributed by atoms with E-state index in [1.807, 2.05) is 25.9 Å². The van der Waals surface area contributed by atoms with Gasteiger partial charge in [0, 0.05) is 24.3 Å². The molecule has 1 unspecified atom stereocenters. The number of rotatable bonds is 6. The van der Waals surface area contributed by atoms with E-state index in [1.165, 1.54) is 0 Å². The molecule has 1 aromatic heterocycles. The maximum Gasteiger partial charge on any atom is 0.295 e. The molecule has 1 aliphatic heterocycles. The van der Waals surface area contributed by atoms with E-state index < -0.39 is 17.7 Å². The SMILES string of the molecule is Cc1nn(C)c(C)c1C(O)=C1C(=O)C(=O)N(CCCN(C)C)C1c1ccc(Cl)cc1. The summed E-state index contributed by atoms with van der Waals surface area (Å²) in [7, 11) is 5.69. The summed E-state index contributed by atoms with van der Waals surface area (Å²) in [6, 6.07) is 6.33. The predicted octanol–water partition coefficient (Wildman–Crippen LogP) is 3.06. The predicted molar refractivity (Wildman–Crippen MR) is 116 cm³/mol. The molecule has 8 heteroatoms. The van der Waals surface area contributed by atoms with Gasteiger partial charge in [-0.05, 0) is 58.6 Å². The molecular formula is C22H27ClN4O3. The Hall–Kier alpha value is -2.64. The number of amides is 1. The molecule has 1 aliphatic rings. The minimum atomic E-state index is -0.681. The van der Waals surface area contributed by atoms with Crippen LogP contribution in [0, 0.1) is 13.8 Å². The quantitative estimate of drug-likeness (QED) is 0.433. The van der Waals surface area contributed by atoms with Gasteiger partial charge in [-0.3, -0.25) is 14.3 Å². The molecule has 1 fully saturated rings. The number of nitrogens with zero attached hydrogens (tertiary/aromatic N) is 4. The number of carbonyl (C=O) groups is 2. The Kier molecular flexibility index (Phi) is 6.33. The number of aromatic nitrogens is 2. The lowest BCUT2D eigenvalue weighted by Gasteiger charge is -2.26. The lowest BCUT2D eigenvalue weighted by Crippen LogP contribution is -2.32. The Bertz CT molecular complexity index is 1010. The molecule has 1 atom stereocenters. The maximum atomic E-state index is 13.0. The summed E-state index contributed by atoms with van der Waals surface area (Å²) in [5, 5.41) is 16.1. The Balaban J connectivity index is 2.14. The molecule has 3 rings (SSSR count). The van der Waals surface area contributed by atoms with E-state index in [0.717, 1.165) is 17.8 Å². The van der Waals surface area contributed by atoms with Crippen LogP contribution in [0.15, 0.2) is 29.8 Å². The number of hydrogen-bond acceptors (Lipinski definition) is 5. The first kappa shape index (κ1) is 22.1. The van der Waals surface area contributed by atoms with Gasteiger partial charge in [-0.25, -0.2) is 0 Å². The second-order valence-corrected chi connectivity index (χ2v) is 8.31. The van der Waals surface area contributed by atoms with Crippen molar-refractivity contribution in [1.29, 1.82) is 0 Å². The molecule has 0 bridgehead atoms. The van der Waals surface area contributed by atoms with Crippen LogP contribution in [0.1, 0.15) is 35.0 Å². The molecule has 30 heavy (non-hydrogen) atoms. The first-order valence-corrected chi connectivity index (χ1v) is 10.2. The van der Waals surface area contributed by atoms with E-state index in [4.69, 9.17) is 11.6 Å². The number of carbonyl (C=O) groups excluding carboxylic acids is 2. The van der Waals surface area contributed by atoms with E-state index in [0.29, 0.717) is 29.2 Å². The van der Waals surface area contributed by atoms with E-state index >= 15 is 0 Å². The van der Waals surface area contributed by atoms with Gasteiger partial charge in [-0.2, -0.15) is 5.10 Å². The smallest absolute Gasteiger partial charge is 0.295 e. The summed E-state index contributed by atoms with van der Waals surface area (Å²) in [5.74, 6) is -1.47. The van der Waals surface area contributed by atoms with Crippen LogP contribution in [0.5, 0.6) is 0 Å². The third-order valence-corrected chi connectivity index (χ3v) is 5.73. The molecule has 0 spiro atoms. The van der Waals surface area contributed by atoms with Crippen molar-refractivity contribution in [2.24, 2.45) is 7.05 Å². The average molecular weight is 431 g/mol. The number of aliphatic hydroxyl groups is 1. The van der Waals surface area contributed by atoms with Gasteiger partial charge in [0.05, 0.1) is 22.9 Å². The summed E-state index contributed by atoms with van der Waals surface area (Å²) < 4.78 is 1.65. The highest BCUT2D eigenvalue weighted by Gasteiger charge is 2.46. The molecule has 160 valence electrons. The topological polar surface area (TPSA) is 78.7 Å². The van der Waals surface area contributed by atoms with Gasteiger partial charge in [0.2, 0.25) is 0 Å². The van der Waals surface area contributed by atoms with Crippen molar-refractivity contribution >= 4 is 29.1 Å². The number of hydrogen-bond donors (Lipinski definition) is 1. The van der Waals surface area contributed by atoms with Gasteiger partial charge in [0.25, 0.3) is 11.7 Å². The highest BCUT2D eigenvalue weighted by Crippen LogP contribution is 2.40. The van der Waals surface area contributed by atoms with Crippen LogP contribution < -0.4 is 0 Å². The van der Waals surface area contributed by atoms with E-state index in [9.17, 15) is 14.7 Å². The van der Waals surface area contributed by atoms with Gasteiger partial charge in [-0.15, -0.1) is 0 Å². The second kappa shape index (κ2) is 8.62. The molecule has 7 nitrogen and oxygen atoms in total. The summed E-state index contributed by atoms with van der Waals surface area (Å²) in [6.07, 6.45) is 0.703. The van der Waals surface area contributed by atoms with Crippen LogP contribution in [-0.4, -0.2) is 63.6 Å². The number of aryl methyl sites for hydroxylation is 2. The van der Waals surface area contributed by atoms with E-state index in [1.54, 1.807) is 47.8 Å². The molecule has 1 saturated heterocycles. The fraction of sp³-hybridized carbons (Fsp3) is 0.409. The summed E-state index contributed by atoms with van der Waals surface area (Å²) >= 11 is 6.04. The number of halogens is 1. The maximum absolute atomic E-state index is 13.0. The Morgan fingerprint density at radius 3 is 2.37 bits per heavy atom. The summed E-state index contributed by atoms with van der Waals surface area (Å²) in [6.45, 7) is 4.76. The standard InChI is InChI=1S/C22H27ClN4O3/c1-13-17(14(2)26(5)24-13)20(28)18-19(15-7-9-16(23)10-8-15)27(22(30)21(18)29)12-6-11-25(3)4/h7-10,19,28H,6,11-12H2,1-5H3. The normalized spacial score (nSPS) is 18.6. The Morgan fingerprint density at radius 1 is 1.20 bits per heavy atom. The van der Waals surface area contributed by atoms with Crippen LogP contribution in [0.25, 0.3) is 5.76 Å². The van der Waals surface area contributed by atoms with Crippen molar-refractivity contribution in [3.63, 3.8) is 0 Å². The lowest BCUT2D eigenvalue weighted by atomic mass is 9.94. The lowest BCUT2D eigenvalue weighted by molar-refractivity contribution is -0.139. The fourth-order valence-corrected chi connectivity index (χ4v) is 4.04. The van der Waals surface area contributed by atoms with Crippen LogP contribution in [-0.2, 0) is 16.6 Å². The molecule has 0 radical (unpaired) electrons. The van der Waals surface area contributed by atoms with Crippen LogP contribution in [0.4, 0.5) is 0 Å². The number of aliphatic hydroxyl groups excluding tert-OH is 1. The van der Waals surface area contributed by atoms with E-state index in [-0.39, 0.29) is 11.3 Å². The number of Topliss-reactive ketones (excluding diaryl/α,β-unsaturated/α-hetero) is 1. The van der Waals surface area contributed by atoms with Gasteiger partial charge in [0.1, 0.15) is 5.76 Å². The van der Waals surface area contributed by atoms with Gasteiger partial charge < -0.3 is 14.9 Å². The molecule has 1 N–H and O–H groups in total. The summed E-state index contributed by atoms with van der Waals surface area (Å²) in [4.78, 5) is 29.5. The monoisotopic (exact) mass is 430 g/mol. The molecule has 0 aliphatic carbocycles. The molecule has 2 heterocycles. The summed E-state index contributed by atoms with van der Waals surface area (Å²) in [5.41, 5.74) is 2.62. The second-order valence-electron chi connectivity index (χ2n) is 7.87. The van der Waals surface area contributed by atoms with Gasteiger partial charge >= 0.3 is 0 Å². The van der Waals surface area contributed by atoms with Crippen LogP contribution in [0.2, 0.25) is 5.02 Å². The van der Waals surface area contributed by atoms with E-state index in [2.05, 4.69) is 5.10 Å². The zero-order valence-corrected chi connectivity index (χ0v) is 18.7. The number of benzene rings is 1. The molecule has 1 amide bonds. The van der Waals surface area contributed by atoms with Crippen molar-refractivity contribution in [3.05, 3.63) is 57.4 Å². The third kappa shape index (κ3) is 4.00. The zero-order valence-electron chi connectivity index (χ0n) is 17.9. The highest BCUT2D eigenvalue weighted by atomic mass is 35.5. The first-order chi connectivity index (χ1) is 14.1. The van der Waals surface area contributed by atoms with Crippen molar-refractivity contribution in [2.45, 2.75) is 26.3 Å². The Morgan fingerprint density at radius 2 is 1.83 bits per heavy atom. The Labute approximate surface area is 181 Å². The molecule has 0 saturated carbocycles. The van der Waals surface area contributed by atoms with Crippen molar-refractivity contribution in [2.75, 3.05) is 27.2 Å². The zero-order chi connectivity index (χ0) is 22.2. The molecule has 1 aromatic carbocycles. The van der Waals surface area contributed by atoms with Crippen molar-refractivity contribution in [3.8, 4) is 0 Å². The average Bonchev–Trinajstić information content (AvgIpc) is 3.08.